The van der Waals surface area contributed by atoms with Gasteiger partial charge in [-0.15, -0.1) is 0 Å². The third-order valence-corrected chi connectivity index (χ3v) is 2.58. The predicted octanol–water partition coefficient (Wildman–Crippen LogP) is 3.94. The fourth-order valence-electron chi connectivity index (χ4n) is 1.56. The van der Waals surface area contributed by atoms with Crippen molar-refractivity contribution in [3.05, 3.63) is 0 Å². The van der Waals surface area contributed by atoms with E-state index in [1.54, 1.807) is 0 Å². The van der Waals surface area contributed by atoms with Crippen LogP contribution in [0.3, 0.4) is 0 Å². The van der Waals surface area contributed by atoms with Gasteiger partial charge in [-0.1, -0.05) is 45.4 Å². The Labute approximate surface area is 96.4 Å². The molecule has 16 heavy (non-hydrogen) atoms. The van der Waals surface area contributed by atoms with Crippen LogP contribution in [0.4, 0.5) is 8.78 Å². The Balaban J connectivity index is 3.47. The van der Waals surface area contributed by atoms with Crippen molar-refractivity contribution >= 4 is 5.97 Å². The molecule has 0 aromatic rings. The van der Waals surface area contributed by atoms with Crippen molar-refractivity contribution in [2.75, 3.05) is 7.11 Å². The average molecular weight is 236 g/mol. The monoisotopic (exact) mass is 236 g/mol. The molecule has 0 fully saturated rings. The first-order chi connectivity index (χ1) is 7.54. The number of esters is 1. The first kappa shape index (κ1) is 15.3. The van der Waals surface area contributed by atoms with E-state index in [1.807, 2.05) is 0 Å². The highest BCUT2D eigenvalue weighted by Crippen LogP contribution is 2.23. The molecule has 0 aromatic carbocycles. The maximum Gasteiger partial charge on any atom is 0.376 e. The number of rotatable bonds is 9. The Morgan fingerprint density at radius 1 is 1.06 bits per heavy atom. The summed E-state index contributed by atoms with van der Waals surface area (Å²) in [5, 5.41) is 0. The lowest BCUT2D eigenvalue weighted by atomic mass is 10.1. The number of methoxy groups -OCH3 is 1. The maximum atomic E-state index is 13.0. The Morgan fingerprint density at radius 2 is 1.56 bits per heavy atom. The van der Waals surface area contributed by atoms with Gasteiger partial charge in [0.25, 0.3) is 0 Å². The number of hydrogen-bond donors (Lipinski definition) is 0. The van der Waals surface area contributed by atoms with E-state index in [4.69, 9.17) is 0 Å². The lowest BCUT2D eigenvalue weighted by Crippen LogP contribution is -2.29. The normalized spacial score (nSPS) is 11.5. The number of carbonyl (C=O) groups excluding carboxylic acids is 1. The summed E-state index contributed by atoms with van der Waals surface area (Å²) in [5.41, 5.74) is 0. The molecule has 2 nitrogen and oxygen atoms in total. The van der Waals surface area contributed by atoms with E-state index in [1.165, 1.54) is 19.3 Å². The lowest BCUT2D eigenvalue weighted by Gasteiger charge is -2.12. The Hall–Kier alpha value is -0.670. The molecule has 0 heterocycles. The molecule has 4 heteroatoms. The van der Waals surface area contributed by atoms with Gasteiger partial charge in [-0.25, -0.2) is 4.79 Å². The van der Waals surface area contributed by atoms with Crippen LogP contribution in [-0.2, 0) is 9.53 Å². The van der Waals surface area contributed by atoms with Crippen LogP contribution in [0, 0.1) is 0 Å². The van der Waals surface area contributed by atoms with Crippen molar-refractivity contribution in [1.29, 1.82) is 0 Å². The Kier molecular flexibility index (Phi) is 8.12. The third-order valence-electron chi connectivity index (χ3n) is 2.58. The third kappa shape index (κ3) is 6.75. The summed E-state index contributed by atoms with van der Waals surface area (Å²) < 4.78 is 30.0. The fourth-order valence-corrected chi connectivity index (χ4v) is 1.56. The van der Waals surface area contributed by atoms with Crippen LogP contribution in [0.2, 0.25) is 0 Å². The van der Waals surface area contributed by atoms with Gasteiger partial charge in [0, 0.05) is 6.42 Å². The van der Waals surface area contributed by atoms with Crippen LogP contribution in [0.15, 0.2) is 0 Å². The summed E-state index contributed by atoms with van der Waals surface area (Å²) >= 11 is 0. The summed E-state index contributed by atoms with van der Waals surface area (Å²) in [6, 6.07) is 0. The highest BCUT2D eigenvalue weighted by molar-refractivity contribution is 5.77. The standard InChI is InChI=1S/C12H22F2O2/c1-3-4-5-6-7-8-9-10-12(13,14)11(15)16-2/h3-10H2,1-2H3. The molecule has 0 amide bonds. The minimum absolute atomic E-state index is 0.383. The van der Waals surface area contributed by atoms with Crippen LogP contribution in [0.25, 0.3) is 0 Å². The van der Waals surface area contributed by atoms with E-state index in [-0.39, 0.29) is 0 Å². The molecule has 0 aliphatic rings. The summed E-state index contributed by atoms with van der Waals surface area (Å²) in [7, 11) is 0.987. The van der Waals surface area contributed by atoms with Gasteiger partial charge in [-0.3, -0.25) is 0 Å². The van der Waals surface area contributed by atoms with Crippen molar-refractivity contribution < 1.29 is 18.3 Å². The number of alkyl halides is 2. The quantitative estimate of drug-likeness (QED) is 0.448. The fraction of sp³-hybridized carbons (Fsp3) is 0.917. The molecule has 0 aliphatic heterocycles. The number of ether oxygens (including phenoxy) is 1. The summed E-state index contributed by atoms with van der Waals surface area (Å²) in [6.07, 6.45) is 6.37. The molecule has 96 valence electrons. The smallest absolute Gasteiger partial charge is 0.376 e. The molecular weight excluding hydrogens is 214 g/mol. The van der Waals surface area contributed by atoms with Crippen LogP contribution < -0.4 is 0 Å². The molecule has 0 aliphatic carbocycles. The Morgan fingerprint density at radius 3 is 2.06 bits per heavy atom. The second-order valence-electron chi connectivity index (χ2n) is 4.07. The highest BCUT2D eigenvalue weighted by Gasteiger charge is 2.38. The minimum atomic E-state index is -3.31. The van der Waals surface area contributed by atoms with E-state index in [0.29, 0.717) is 6.42 Å². The first-order valence-electron chi connectivity index (χ1n) is 6.01. The largest absolute Gasteiger partial charge is 0.465 e. The summed E-state index contributed by atoms with van der Waals surface area (Å²) in [4.78, 5) is 10.7. The topological polar surface area (TPSA) is 26.3 Å². The number of hydrogen-bond acceptors (Lipinski definition) is 2. The molecule has 0 saturated heterocycles. The molecular formula is C12H22F2O2. The Bertz CT molecular complexity index is 193. The number of unbranched alkanes of at least 4 members (excludes halogenated alkanes) is 6. The number of carbonyl (C=O) groups is 1. The highest BCUT2D eigenvalue weighted by atomic mass is 19.3. The maximum absolute atomic E-state index is 13.0. The van der Waals surface area contributed by atoms with Gasteiger partial charge in [0.05, 0.1) is 7.11 Å². The van der Waals surface area contributed by atoms with Crippen LogP contribution in [-0.4, -0.2) is 19.0 Å². The van der Waals surface area contributed by atoms with Gasteiger partial charge < -0.3 is 4.74 Å². The zero-order valence-corrected chi connectivity index (χ0v) is 10.2. The van der Waals surface area contributed by atoms with Crippen LogP contribution in [0.5, 0.6) is 0 Å². The zero-order chi connectivity index (χ0) is 12.4. The SMILES string of the molecule is CCCCCCCCCC(F)(F)C(=O)OC. The van der Waals surface area contributed by atoms with Gasteiger partial charge in [0.15, 0.2) is 0 Å². The molecule has 0 atom stereocenters. The molecule has 0 rings (SSSR count). The summed E-state index contributed by atoms with van der Waals surface area (Å²) in [5.74, 6) is -4.73. The molecule has 0 aromatic heterocycles. The molecule has 0 saturated carbocycles. The molecule has 0 spiro atoms. The summed E-state index contributed by atoms with van der Waals surface area (Å²) in [6.45, 7) is 2.14. The van der Waals surface area contributed by atoms with E-state index in [0.717, 1.165) is 26.4 Å². The van der Waals surface area contributed by atoms with E-state index < -0.39 is 18.3 Å². The zero-order valence-electron chi connectivity index (χ0n) is 10.2. The number of halogens is 2. The second-order valence-corrected chi connectivity index (χ2v) is 4.07. The molecule has 0 bridgehead atoms. The van der Waals surface area contributed by atoms with Crippen molar-refractivity contribution in [2.45, 2.75) is 64.2 Å². The van der Waals surface area contributed by atoms with Crippen molar-refractivity contribution in [3.63, 3.8) is 0 Å². The van der Waals surface area contributed by atoms with Gasteiger partial charge in [-0.05, 0) is 6.42 Å². The van der Waals surface area contributed by atoms with E-state index in [2.05, 4.69) is 11.7 Å². The minimum Gasteiger partial charge on any atom is -0.465 e. The van der Waals surface area contributed by atoms with Crippen molar-refractivity contribution in [1.82, 2.24) is 0 Å². The van der Waals surface area contributed by atoms with Gasteiger partial charge >= 0.3 is 11.9 Å². The van der Waals surface area contributed by atoms with E-state index in [9.17, 15) is 13.6 Å². The van der Waals surface area contributed by atoms with Gasteiger partial charge in [0.1, 0.15) is 0 Å². The van der Waals surface area contributed by atoms with Crippen LogP contribution in [0.1, 0.15) is 58.3 Å². The molecule has 0 radical (unpaired) electrons. The average Bonchev–Trinajstić information content (AvgIpc) is 2.26. The predicted molar refractivity (Wildman–Crippen MR) is 59.6 cm³/mol. The second kappa shape index (κ2) is 8.48. The van der Waals surface area contributed by atoms with Crippen LogP contribution >= 0.6 is 0 Å². The van der Waals surface area contributed by atoms with E-state index >= 15 is 0 Å². The van der Waals surface area contributed by atoms with Gasteiger partial charge in [0.2, 0.25) is 0 Å². The van der Waals surface area contributed by atoms with Gasteiger partial charge in [-0.2, -0.15) is 8.78 Å². The molecule has 0 unspecified atom stereocenters. The van der Waals surface area contributed by atoms with Crippen molar-refractivity contribution in [2.24, 2.45) is 0 Å². The molecule has 0 N–H and O–H groups in total. The lowest BCUT2D eigenvalue weighted by molar-refractivity contribution is -0.169. The van der Waals surface area contributed by atoms with Crippen molar-refractivity contribution in [3.8, 4) is 0 Å². The first-order valence-corrected chi connectivity index (χ1v) is 6.01.